The highest BCUT2D eigenvalue weighted by Gasteiger charge is 2.31. The van der Waals surface area contributed by atoms with Crippen molar-refractivity contribution in [1.82, 2.24) is 10.6 Å². The number of hydrogen-bond donors (Lipinski definition) is 5. The molecule has 154 valence electrons. The van der Waals surface area contributed by atoms with E-state index in [1.54, 1.807) is 38.1 Å². The molecule has 0 bridgehead atoms. The molecule has 0 saturated carbocycles. The second kappa shape index (κ2) is 11.0. The first-order valence-electron chi connectivity index (χ1n) is 9.00. The van der Waals surface area contributed by atoms with Gasteiger partial charge in [0.25, 0.3) is 0 Å². The van der Waals surface area contributed by atoms with Crippen LogP contribution < -0.4 is 16.4 Å². The molecule has 1 aromatic rings. The van der Waals surface area contributed by atoms with E-state index < -0.39 is 48.3 Å². The second-order valence-electron chi connectivity index (χ2n) is 6.67. The highest BCUT2D eigenvalue weighted by Crippen LogP contribution is 2.09. The van der Waals surface area contributed by atoms with Crippen LogP contribution in [-0.4, -0.2) is 52.1 Å². The number of carbonyl (C=O) groups is 4. The lowest BCUT2D eigenvalue weighted by Crippen LogP contribution is -2.56. The third-order valence-electron chi connectivity index (χ3n) is 4.42. The Bertz CT molecular complexity index is 694. The van der Waals surface area contributed by atoms with Crippen LogP contribution in [-0.2, 0) is 25.6 Å². The van der Waals surface area contributed by atoms with Gasteiger partial charge in [0, 0.05) is 0 Å². The Morgan fingerprint density at radius 2 is 1.64 bits per heavy atom. The Hall–Kier alpha value is -2.94. The molecule has 0 aliphatic heterocycles. The Morgan fingerprint density at radius 3 is 2.14 bits per heavy atom. The van der Waals surface area contributed by atoms with E-state index in [-0.39, 0.29) is 12.3 Å². The first-order chi connectivity index (χ1) is 13.1. The van der Waals surface area contributed by atoms with Crippen LogP contribution in [0.25, 0.3) is 0 Å². The molecule has 0 spiro atoms. The average Bonchev–Trinajstić information content (AvgIpc) is 2.64. The van der Waals surface area contributed by atoms with Gasteiger partial charge < -0.3 is 26.6 Å². The first kappa shape index (κ1) is 23.1. The molecule has 0 aliphatic carbocycles. The fourth-order valence-electron chi connectivity index (χ4n) is 2.56. The van der Waals surface area contributed by atoms with E-state index in [0.717, 1.165) is 5.56 Å². The van der Waals surface area contributed by atoms with E-state index in [1.165, 1.54) is 0 Å². The van der Waals surface area contributed by atoms with Crippen molar-refractivity contribution >= 4 is 23.8 Å². The van der Waals surface area contributed by atoms with E-state index in [0.29, 0.717) is 6.42 Å². The van der Waals surface area contributed by atoms with Crippen LogP contribution in [0.5, 0.6) is 0 Å². The first-order valence-corrected chi connectivity index (χ1v) is 9.00. The maximum Gasteiger partial charge on any atom is 0.326 e. The number of carbonyl (C=O) groups excluding carboxylic acids is 2. The van der Waals surface area contributed by atoms with Crippen molar-refractivity contribution in [3.05, 3.63) is 35.9 Å². The van der Waals surface area contributed by atoms with Gasteiger partial charge in [0.15, 0.2) is 0 Å². The summed E-state index contributed by atoms with van der Waals surface area (Å²) < 4.78 is 0. The minimum Gasteiger partial charge on any atom is -0.481 e. The van der Waals surface area contributed by atoms with Gasteiger partial charge >= 0.3 is 11.9 Å². The summed E-state index contributed by atoms with van der Waals surface area (Å²) in [6.45, 7) is 3.42. The number of aliphatic carboxylic acids is 2. The zero-order valence-corrected chi connectivity index (χ0v) is 15.9. The molecule has 6 N–H and O–H groups in total. The normalized spacial score (nSPS) is 15.0. The maximum atomic E-state index is 12.4. The van der Waals surface area contributed by atoms with Crippen LogP contribution in [0.15, 0.2) is 30.3 Å². The highest BCUT2D eigenvalue weighted by atomic mass is 16.4. The van der Waals surface area contributed by atoms with Crippen molar-refractivity contribution in [3.63, 3.8) is 0 Å². The number of rotatable bonds is 11. The van der Waals surface area contributed by atoms with Crippen molar-refractivity contribution in [2.75, 3.05) is 0 Å². The lowest BCUT2D eigenvalue weighted by atomic mass is 9.98. The van der Waals surface area contributed by atoms with Gasteiger partial charge in [0.1, 0.15) is 12.1 Å². The predicted octanol–water partition coefficient (Wildman–Crippen LogP) is 0.131. The zero-order valence-electron chi connectivity index (χ0n) is 15.9. The SMILES string of the molecule is CC[C@H](C)[C@H](NC(=O)[C@H](CC(=O)O)NC(=O)[C@@H](N)Cc1ccccc1)C(=O)O. The van der Waals surface area contributed by atoms with E-state index in [4.69, 9.17) is 10.8 Å². The highest BCUT2D eigenvalue weighted by molar-refractivity contribution is 5.94. The quantitative estimate of drug-likeness (QED) is 0.357. The lowest BCUT2D eigenvalue weighted by Gasteiger charge is -2.24. The summed E-state index contributed by atoms with van der Waals surface area (Å²) in [4.78, 5) is 47.2. The zero-order chi connectivity index (χ0) is 21.3. The van der Waals surface area contributed by atoms with Crippen molar-refractivity contribution < 1.29 is 29.4 Å². The average molecular weight is 393 g/mol. The molecule has 4 atom stereocenters. The minimum absolute atomic E-state index is 0.207. The molecule has 0 aromatic heterocycles. The third kappa shape index (κ3) is 7.36. The summed E-state index contributed by atoms with van der Waals surface area (Å²) in [7, 11) is 0. The molecule has 1 rings (SSSR count). The Labute approximate surface area is 163 Å². The molecule has 0 radical (unpaired) electrons. The second-order valence-corrected chi connectivity index (χ2v) is 6.67. The molecule has 0 aliphatic rings. The monoisotopic (exact) mass is 393 g/mol. The Kier molecular flexibility index (Phi) is 9.10. The summed E-state index contributed by atoms with van der Waals surface area (Å²) in [6, 6.07) is 5.37. The number of carboxylic acids is 2. The fraction of sp³-hybridized carbons (Fsp3) is 0.474. The summed E-state index contributed by atoms with van der Waals surface area (Å²) in [5.74, 6) is -4.49. The molecule has 2 amide bonds. The van der Waals surface area contributed by atoms with Crippen LogP contribution in [0, 0.1) is 5.92 Å². The molecule has 0 saturated heterocycles. The molecule has 9 nitrogen and oxygen atoms in total. The van der Waals surface area contributed by atoms with Crippen LogP contribution in [0.2, 0.25) is 0 Å². The van der Waals surface area contributed by atoms with Gasteiger partial charge in [-0.05, 0) is 17.9 Å². The van der Waals surface area contributed by atoms with Crippen LogP contribution in [0.1, 0.15) is 32.3 Å². The van der Waals surface area contributed by atoms with Gasteiger partial charge in [-0.15, -0.1) is 0 Å². The van der Waals surface area contributed by atoms with Gasteiger partial charge in [-0.3, -0.25) is 14.4 Å². The molecule has 0 fully saturated rings. The van der Waals surface area contributed by atoms with Gasteiger partial charge in [-0.25, -0.2) is 4.79 Å². The van der Waals surface area contributed by atoms with Gasteiger partial charge in [-0.1, -0.05) is 50.6 Å². The fourth-order valence-corrected chi connectivity index (χ4v) is 2.56. The number of nitrogens with one attached hydrogen (secondary N) is 2. The smallest absolute Gasteiger partial charge is 0.326 e. The van der Waals surface area contributed by atoms with Crippen molar-refractivity contribution in [3.8, 4) is 0 Å². The standard InChI is InChI=1S/C19H27N3O6/c1-3-11(2)16(19(27)28)22-18(26)14(10-15(23)24)21-17(25)13(20)9-12-7-5-4-6-8-12/h4-8,11,13-14,16H,3,9-10,20H2,1-2H3,(H,21,25)(H,22,26)(H,23,24)(H,27,28)/t11-,13-,14-,16-/m0/s1. The minimum atomic E-state index is -1.43. The largest absolute Gasteiger partial charge is 0.481 e. The number of hydrogen-bond acceptors (Lipinski definition) is 5. The van der Waals surface area contributed by atoms with Crippen molar-refractivity contribution in [2.45, 2.75) is 51.2 Å². The molecule has 0 heterocycles. The third-order valence-corrected chi connectivity index (χ3v) is 4.42. The molecular formula is C19H27N3O6. The number of carboxylic acid groups (broad SMARTS) is 2. The van der Waals surface area contributed by atoms with E-state index in [9.17, 15) is 24.3 Å². The summed E-state index contributed by atoms with van der Waals surface area (Å²) in [6.07, 6.45) is 0.0102. The number of nitrogens with two attached hydrogens (primary N) is 1. The van der Waals surface area contributed by atoms with Crippen LogP contribution in [0.3, 0.4) is 0 Å². The van der Waals surface area contributed by atoms with Gasteiger partial charge in [0.2, 0.25) is 11.8 Å². The van der Waals surface area contributed by atoms with E-state index >= 15 is 0 Å². The van der Waals surface area contributed by atoms with Gasteiger partial charge in [-0.2, -0.15) is 0 Å². The molecule has 0 unspecified atom stereocenters. The Morgan fingerprint density at radius 1 is 1.04 bits per heavy atom. The summed E-state index contributed by atoms with van der Waals surface area (Å²) in [5.41, 5.74) is 6.67. The number of amides is 2. The summed E-state index contributed by atoms with van der Waals surface area (Å²) >= 11 is 0. The van der Waals surface area contributed by atoms with Crippen molar-refractivity contribution in [1.29, 1.82) is 0 Å². The molecule has 28 heavy (non-hydrogen) atoms. The van der Waals surface area contributed by atoms with Gasteiger partial charge in [0.05, 0.1) is 12.5 Å². The molecule has 1 aromatic carbocycles. The predicted molar refractivity (Wildman–Crippen MR) is 101 cm³/mol. The van der Waals surface area contributed by atoms with Crippen LogP contribution >= 0.6 is 0 Å². The summed E-state index contributed by atoms with van der Waals surface area (Å²) in [5, 5.41) is 23.0. The van der Waals surface area contributed by atoms with E-state index in [1.807, 2.05) is 6.07 Å². The van der Waals surface area contributed by atoms with Crippen molar-refractivity contribution in [2.24, 2.45) is 11.7 Å². The molecule has 9 heteroatoms. The number of benzene rings is 1. The van der Waals surface area contributed by atoms with E-state index in [2.05, 4.69) is 10.6 Å². The maximum absolute atomic E-state index is 12.4. The topological polar surface area (TPSA) is 159 Å². The lowest BCUT2D eigenvalue weighted by molar-refractivity contribution is -0.144. The molecular weight excluding hydrogens is 366 g/mol. The Balaban J connectivity index is 2.82. The van der Waals surface area contributed by atoms with Crippen LogP contribution in [0.4, 0.5) is 0 Å².